The Labute approximate surface area is 178 Å². The minimum Gasteiger partial charge on any atom is -0.487 e. The Kier molecular flexibility index (Phi) is 4.98. The van der Waals surface area contributed by atoms with E-state index in [1.54, 1.807) is 12.1 Å². The molecular weight excluding hydrogens is 394 g/mol. The first kappa shape index (κ1) is 18.7. The van der Waals surface area contributed by atoms with Crippen LogP contribution in [-0.2, 0) is 11.4 Å². The fourth-order valence-corrected chi connectivity index (χ4v) is 3.25. The van der Waals surface area contributed by atoms with Crippen molar-refractivity contribution in [3.05, 3.63) is 90.4 Å². The highest BCUT2D eigenvalue weighted by Crippen LogP contribution is 2.32. The monoisotopic (exact) mass is 413 g/mol. The van der Waals surface area contributed by atoms with Crippen molar-refractivity contribution in [1.29, 1.82) is 0 Å². The van der Waals surface area contributed by atoms with Crippen molar-refractivity contribution in [3.8, 4) is 17.2 Å². The lowest BCUT2D eigenvalue weighted by Crippen LogP contribution is -2.07. The molecule has 1 N–H and O–H groups in total. The summed E-state index contributed by atoms with van der Waals surface area (Å²) in [6.45, 7) is 0.557. The number of nitrogens with one attached hydrogen (secondary N) is 1. The van der Waals surface area contributed by atoms with Gasteiger partial charge in [0.25, 0.3) is 0 Å². The van der Waals surface area contributed by atoms with E-state index in [-0.39, 0.29) is 12.7 Å². The summed E-state index contributed by atoms with van der Waals surface area (Å²) in [6, 6.07) is 18.6. The number of ether oxygens (including phenoxy) is 3. The highest BCUT2D eigenvalue weighted by Gasteiger charge is 2.12. The molecule has 0 spiro atoms. The van der Waals surface area contributed by atoms with Gasteiger partial charge in [0, 0.05) is 30.2 Å². The second-order valence-electron chi connectivity index (χ2n) is 6.95. The van der Waals surface area contributed by atoms with Gasteiger partial charge in [-0.15, -0.1) is 0 Å². The minimum atomic E-state index is -0.241. The predicted molar refractivity (Wildman–Crippen MR) is 116 cm³/mol. The number of carbonyl (C=O) groups is 1. The SMILES string of the molecule is O=C(/C=C/c1ccc2c(c1)OCO2)Nc1cccc(OCc2cn3ccccc3n2)c1. The second-order valence-corrected chi connectivity index (χ2v) is 6.95. The maximum atomic E-state index is 12.3. The van der Waals surface area contributed by atoms with Gasteiger partial charge < -0.3 is 23.9 Å². The van der Waals surface area contributed by atoms with Gasteiger partial charge >= 0.3 is 0 Å². The van der Waals surface area contributed by atoms with E-state index in [1.165, 1.54) is 6.08 Å². The zero-order valence-electron chi connectivity index (χ0n) is 16.5. The number of benzene rings is 2. The van der Waals surface area contributed by atoms with Crippen LogP contribution in [0.1, 0.15) is 11.3 Å². The van der Waals surface area contributed by atoms with Crippen molar-refractivity contribution >= 4 is 23.3 Å². The summed E-state index contributed by atoms with van der Waals surface area (Å²) < 4.78 is 18.4. The molecule has 0 saturated heterocycles. The number of rotatable bonds is 6. The number of aromatic nitrogens is 2. The Morgan fingerprint density at radius 3 is 2.97 bits per heavy atom. The molecule has 0 radical (unpaired) electrons. The van der Waals surface area contributed by atoms with Crippen LogP contribution in [0.4, 0.5) is 5.69 Å². The van der Waals surface area contributed by atoms with Gasteiger partial charge in [-0.25, -0.2) is 4.98 Å². The molecule has 0 aliphatic carbocycles. The number of hydrogen-bond donors (Lipinski definition) is 1. The molecule has 3 heterocycles. The van der Waals surface area contributed by atoms with Crippen molar-refractivity contribution in [1.82, 2.24) is 9.38 Å². The van der Waals surface area contributed by atoms with Crippen LogP contribution < -0.4 is 19.5 Å². The molecule has 7 heteroatoms. The quantitative estimate of drug-likeness (QED) is 0.477. The van der Waals surface area contributed by atoms with Crippen LogP contribution >= 0.6 is 0 Å². The van der Waals surface area contributed by atoms with Crippen LogP contribution in [0.2, 0.25) is 0 Å². The van der Waals surface area contributed by atoms with Crippen LogP contribution in [0.15, 0.2) is 79.1 Å². The lowest BCUT2D eigenvalue weighted by Gasteiger charge is -2.07. The summed E-state index contributed by atoms with van der Waals surface area (Å²) in [7, 11) is 0. The smallest absolute Gasteiger partial charge is 0.248 e. The summed E-state index contributed by atoms with van der Waals surface area (Å²) in [5.41, 5.74) is 3.19. The van der Waals surface area contributed by atoms with Gasteiger partial charge in [-0.05, 0) is 48.0 Å². The number of pyridine rings is 1. The van der Waals surface area contributed by atoms with Gasteiger partial charge in [-0.1, -0.05) is 18.2 Å². The van der Waals surface area contributed by atoms with E-state index < -0.39 is 0 Å². The van der Waals surface area contributed by atoms with E-state index in [4.69, 9.17) is 14.2 Å². The van der Waals surface area contributed by atoms with Gasteiger partial charge in [-0.3, -0.25) is 4.79 Å². The van der Waals surface area contributed by atoms with E-state index >= 15 is 0 Å². The summed E-state index contributed by atoms with van der Waals surface area (Å²) in [5.74, 6) is 1.80. The summed E-state index contributed by atoms with van der Waals surface area (Å²) in [4.78, 5) is 16.8. The van der Waals surface area contributed by atoms with E-state index in [0.717, 1.165) is 16.9 Å². The number of anilines is 1. The minimum absolute atomic E-state index is 0.221. The van der Waals surface area contributed by atoms with Crippen molar-refractivity contribution in [3.63, 3.8) is 0 Å². The molecule has 0 fully saturated rings. The third-order valence-corrected chi connectivity index (χ3v) is 4.73. The Bertz CT molecular complexity index is 1250. The Hall–Kier alpha value is -4.26. The molecule has 5 rings (SSSR count). The molecule has 31 heavy (non-hydrogen) atoms. The molecule has 1 aliphatic heterocycles. The zero-order chi connectivity index (χ0) is 21.0. The van der Waals surface area contributed by atoms with Crippen LogP contribution in [0.25, 0.3) is 11.7 Å². The molecule has 1 amide bonds. The maximum absolute atomic E-state index is 12.3. The number of hydrogen-bond acceptors (Lipinski definition) is 5. The number of carbonyl (C=O) groups excluding carboxylic acids is 1. The largest absolute Gasteiger partial charge is 0.487 e. The molecule has 7 nitrogen and oxygen atoms in total. The molecule has 0 unspecified atom stereocenters. The molecule has 0 atom stereocenters. The highest BCUT2D eigenvalue weighted by atomic mass is 16.7. The van der Waals surface area contributed by atoms with Crippen LogP contribution in [0, 0.1) is 0 Å². The third kappa shape index (κ3) is 4.35. The van der Waals surface area contributed by atoms with E-state index in [0.29, 0.717) is 29.5 Å². The molecule has 2 aromatic heterocycles. The molecular formula is C24H19N3O4. The Balaban J connectivity index is 1.20. The van der Waals surface area contributed by atoms with E-state index in [9.17, 15) is 4.79 Å². The van der Waals surface area contributed by atoms with Gasteiger partial charge in [0.1, 0.15) is 18.0 Å². The first-order chi connectivity index (χ1) is 15.2. The van der Waals surface area contributed by atoms with Crippen LogP contribution in [-0.4, -0.2) is 22.1 Å². The van der Waals surface area contributed by atoms with E-state index in [1.807, 2.05) is 71.4 Å². The van der Waals surface area contributed by atoms with Crippen molar-refractivity contribution in [2.24, 2.45) is 0 Å². The Morgan fingerprint density at radius 1 is 1.10 bits per heavy atom. The van der Waals surface area contributed by atoms with E-state index in [2.05, 4.69) is 10.3 Å². The molecule has 154 valence electrons. The lowest BCUT2D eigenvalue weighted by molar-refractivity contribution is -0.111. The lowest BCUT2D eigenvalue weighted by atomic mass is 10.2. The van der Waals surface area contributed by atoms with Crippen molar-refractivity contribution in [2.75, 3.05) is 12.1 Å². The summed E-state index contributed by atoms with van der Waals surface area (Å²) >= 11 is 0. The van der Waals surface area contributed by atoms with Gasteiger partial charge in [0.05, 0.1) is 5.69 Å². The fourth-order valence-electron chi connectivity index (χ4n) is 3.25. The highest BCUT2D eigenvalue weighted by molar-refractivity contribution is 6.02. The first-order valence-corrected chi connectivity index (χ1v) is 9.77. The summed E-state index contributed by atoms with van der Waals surface area (Å²) in [6.07, 6.45) is 7.07. The molecule has 4 aromatic rings. The van der Waals surface area contributed by atoms with Crippen molar-refractivity contribution < 1.29 is 19.0 Å². The van der Waals surface area contributed by atoms with Crippen LogP contribution in [0.3, 0.4) is 0 Å². The predicted octanol–water partition coefficient (Wildman–Crippen LogP) is 4.29. The Morgan fingerprint density at radius 2 is 2.03 bits per heavy atom. The van der Waals surface area contributed by atoms with Gasteiger partial charge in [0.15, 0.2) is 11.5 Å². The van der Waals surface area contributed by atoms with Gasteiger partial charge in [-0.2, -0.15) is 0 Å². The molecule has 0 bridgehead atoms. The second kappa shape index (κ2) is 8.23. The maximum Gasteiger partial charge on any atom is 0.248 e. The fraction of sp³-hybridized carbons (Fsp3) is 0.0833. The van der Waals surface area contributed by atoms with Gasteiger partial charge in [0.2, 0.25) is 12.7 Å². The average molecular weight is 413 g/mol. The topological polar surface area (TPSA) is 74.1 Å². The first-order valence-electron chi connectivity index (χ1n) is 9.77. The molecule has 2 aromatic carbocycles. The van der Waals surface area contributed by atoms with Crippen LogP contribution in [0.5, 0.6) is 17.2 Å². The average Bonchev–Trinajstić information content (AvgIpc) is 3.42. The number of fused-ring (bicyclic) bond motifs is 2. The number of nitrogens with zero attached hydrogens (tertiary/aromatic N) is 2. The zero-order valence-corrected chi connectivity index (χ0v) is 16.5. The summed E-state index contributed by atoms with van der Waals surface area (Å²) in [5, 5.41) is 2.84. The molecule has 1 aliphatic rings. The normalized spacial score (nSPS) is 12.4. The molecule has 0 saturated carbocycles. The van der Waals surface area contributed by atoms with Crippen molar-refractivity contribution in [2.45, 2.75) is 6.61 Å². The standard InChI is InChI=1S/C24H19N3O4/c28-24(10-8-17-7-9-21-22(12-17)31-16-30-21)26-18-4-3-5-20(13-18)29-15-19-14-27-11-2-1-6-23(27)25-19/h1-14H,15-16H2,(H,26,28)/b10-8+. The third-order valence-electron chi connectivity index (χ3n) is 4.73. The number of imidazole rings is 1. The number of amides is 1.